The summed E-state index contributed by atoms with van der Waals surface area (Å²) in [7, 11) is 0. The molecule has 1 aliphatic rings. The summed E-state index contributed by atoms with van der Waals surface area (Å²) in [4.78, 5) is 23.7. The summed E-state index contributed by atoms with van der Waals surface area (Å²) in [5.74, 6) is 1.05. The maximum absolute atomic E-state index is 12.1. The predicted molar refractivity (Wildman–Crippen MR) is 72.0 cm³/mol. The van der Waals surface area contributed by atoms with E-state index in [0.29, 0.717) is 29.2 Å². The van der Waals surface area contributed by atoms with Gasteiger partial charge in [-0.05, 0) is 24.3 Å². The number of nitrogens with one attached hydrogen (secondary N) is 2. The van der Waals surface area contributed by atoms with E-state index < -0.39 is 0 Å². The molecule has 0 aliphatic heterocycles. The summed E-state index contributed by atoms with van der Waals surface area (Å²) in [6, 6.07) is 7.00. The SMILES string of the molecule is CC1CC1CNC(=O)c1n[nH]c(=O)c2ccccc12. The summed E-state index contributed by atoms with van der Waals surface area (Å²) < 4.78 is 0. The number of nitrogens with zero attached hydrogens (tertiary/aromatic N) is 1. The fourth-order valence-electron chi connectivity index (χ4n) is 2.28. The van der Waals surface area contributed by atoms with Crippen LogP contribution in [0.3, 0.4) is 0 Å². The lowest BCUT2D eigenvalue weighted by Gasteiger charge is -2.06. The Morgan fingerprint density at radius 2 is 2.11 bits per heavy atom. The van der Waals surface area contributed by atoms with E-state index in [4.69, 9.17) is 0 Å². The monoisotopic (exact) mass is 257 g/mol. The average Bonchev–Trinajstić information content (AvgIpc) is 3.13. The van der Waals surface area contributed by atoms with Crippen LogP contribution in [0.25, 0.3) is 10.8 Å². The molecule has 1 fully saturated rings. The number of benzene rings is 1. The van der Waals surface area contributed by atoms with Crippen molar-refractivity contribution in [1.29, 1.82) is 0 Å². The molecule has 1 amide bonds. The van der Waals surface area contributed by atoms with Crippen molar-refractivity contribution in [3.8, 4) is 0 Å². The largest absolute Gasteiger partial charge is 0.350 e. The van der Waals surface area contributed by atoms with E-state index in [2.05, 4.69) is 22.4 Å². The third kappa shape index (κ3) is 2.23. The van der Waals surface area contributed by atoms with Crippen LogP contribution >= 0.6 is 0 Å². The smallest absolute Gasteiger partial charge is 0.272 e. The molecule has 98 valence electrons. The van der Waals surface area contributed by atoms with Gasteiger partial charge in [-0.2, -0.15) is 5.10 Å². The van der Waals surface area contributed by atoms with Gasteiger partial charge in [0.05, 0.1) is 5.39 Å². The fourth-order valence-corrected chi connectivity index (χ4v) is 2.28. The van der Waals surface area contributed by atoms with Gasteiger partial charge in [0.1, 0.15) is 0 Å². The number of amides is 1. The Bertz CT molecular complexity index is 692. The van der Waals surface area contributed by atoms with Gasteiger partial charge in [-0.25, -0.2) is 5.10 Å². The van der Waals surface area contributed by atoms with Crippen LogP contribution in [-0.2, 0) is 0 Å². The van der Waals surface area contributed by atoms with Gasteiger partial charge in [-0.15, -0.1) is 0 Å². The molecule has 2 N–H and O–H groups in total. The Hall–Kier alpha value is -2.17. The van der Waals surface area contributed by atoms with Gasteiger partial charge in [-0.1, -0.05) is 25.1 Å². The van der Waals surface area contributed by atoms with Crippen LogP contribution in [0.5, 0.6) is 0 Å². The van der Waals surface area contributed by atoms with Crippen molar-refractivity contribution >= 4 is 16.7 Å². The van der Waals surface area contributed by atoms with E-state index in [1.54, 1.807) is 24.3 Å². The van der Waals surface area contributed by atoms with Crippen LogP contribution in [0.15, 0.2) is 29.1 Å². The highest BCUT2D eigenvalue weighted by molar-refractivity contribution is 6.04. The summed E-state index contributed by atoms with van der Waals surface area (Å²) >= 11 is 0. The van der Waals surface area contributed by atoms with E-state index in [1.165, 1.54) is 6.42 Å². The Kier molecular flexibility index (Phi) is 2.81. The number of aromatic nitrogens is 2. The molecular weight excluding hydrogens is 242 g/mol. The number of hydrogen-bond acceptors (Lipinski definition) is 3. The molecule has 0 radical (unpaired) electrons. The maximum atomic E-state index is 12.1. The minimum atomic E-state index is -0.275. The molecule has 0 spiro atoms. The molecule has 5 heteroatoms. The van der Waals surface area contributed by atoms with Crippen LogP contribution in [-0.4, -0.2) is 22.6 Å². The van der Waals surface area contributed by atoms with Crippen molar-refractivity contribution in [3.05, 3.63) is 40.3 Å². The Morgan fingerprint density at radius 1 is 1.42 bits per heavy atom. The first-order valence-corrected chi connectivity index (χ1v) is 6.42. The number of H-pyrrole nitrogens is 1. The molecule has 19 heavy (non-hydrogen) atoms. The van der Waals surface area contributed by atoms with Crippen LogP contribution in [0.4, 0.5) is 0 Å². The molecule has 2 unspecified atom stereocenters. The van der Waals surface area contributed by atoms with Crippen molar-refractivity contribution in [3.63, 3.8) is 0 Å². The van der Waals surface area contributed by atoms with Crippen molar-refractivity contribution in [2.24, 2.45) is 11.8 Å². The highest BCUT2D eigenvalue weighted by Crippen LogP contribution is 2.36. The lowest BCUT2D eigenvalue weighted by Crippen LogP contribution is -2.28. The third-order valence-electron chi connectivity index (χ3n) is 3.71. The number of hydrogen-bond donors (Lipinski definition) is 2. The quantitative estimate of drug-likeness (QED) is 0.870. The van der Waals surface area contributed by atoms with Crippen LogP contribution in [0.2, 0.25) is 0 Å². The van der Waals surface area contributed by atoms with E-state index >= 15 is 0 Å². The molecule has 2 atom stereocenters. The molecule has 1 heterocycles. The standard InChI is InChI=1S/C14H15N3O2/c1-8-6-9(8)7-15-14(19)12-10-4-2-3-5-11(10)13(18)17-16-12/h2-5,8-9H,6-7H2,1H3,(H,15,19)(H,17,18). The van der Waals surface area contributed by atoms with Gasteiger partial charge in [0, 0.05) is 11.9 Å². The Labute approximate surface area is 110 Å². The fraction of sp³-hybridized carbons (Fsp3) is 0.357. The minimum absolute atomic E-state index is 0.230. The number of carbonyl (C=O) groups is 1. The van der Waals surface area contributed by atoms with Gasteiger partial charge in [0.2, 0.25) is 0 Å². The first-order chi connectivity index (χ1) is 9.16. The summed E-state index contributed by atoms with van der Waals surface area (Å²) in [5, 5.41) is 10.2. The second-order valence-electron chi connectivity index (χ2n) is 5.13. The Morgan fingerprint density at radius 3 is 2.79 bits per heavy atom. The first-order valence-electron chi connectivity index (χ1n) is 6.42. The molecule has 0 bridgehead atoms. The van der Waals surface area contributed by atoms with E-state index in [-0.39, 0.29) is 17.2 Å². The lowest BCUT2D eigenvalue weighted by atomic mass is 10.1. The predicted octanol–water partition coefficient (Wildman–Crippen LogP) is 1.31. The zero-order chi connectivity index (χ0) is 13.4. The summed E-state index contributed by atoms with van der Waals surface area (Å²) in [6.07, 6.45) is 1.17. The van der Waals surface area contributed by atoms with Gasteiger partial charge < -0.3 is 5.32 Å². The maximum Gasteiger partial charge on any atom is 0.272 e. The third-order valence-corrected chi connectivity index (χ3v) is 3.71. The van der Waals surface area contributed by atoms with Crippen LogP contribution in [0, 0.1) is 11.8 Å². The molecule has 5 nitrogen and oxygen atoms in total. The number of rotatable bonds is 3. The van der Waals surface area contributed by atoms with Gasteiger partial charge >= 0.3 is 0 Å². The van der Waals surface area contributed by atoms with Crippen molar-refractivity contribution in [2.45, 2.75) is 13.3 Å². The normalized spacial score (nSPS) is 21.3. The molecule has 0 saturated heterocycles. The molecule has 1 aliphatic carbocycles. The van der Waals surface area contributed by atoms with Crippen LogP contribution < -0.4 is 10.9 Å². The lowest BCUT2D eigenvalue weighted by molar-refractivity contribution is 0.0947. The van der Waals surface area contributed by atoms with Gasteiger partial charge in [-0.3, -0.25) is 9.59 Å². The number of fused-ring (bicyclic) bond motifs is 1. The van der Waals surface area contributed by atoms with Gasteiger partial charge in [0.15, 0.2) is 5.69 Å². The zero-order valence-corrected chi connectivity index (χ0v) is 10.6. The summed E-state index contributed by atoms with van der Waals surface area (Å²) in [5.41, 5.74) is 0.00599. The molecule has 1 aromatic heterocycles. The molecule has 2 aromatic rings. The van der Waals surface area contributed by atoms with Crippen molar-refractivity contribution in [1.82, 2.24) is 15.5 Å². The van der Waals surface area contributed by atoms with Crippen molar-refractivity contribution < 1.29 is 4.79 Å². The summed E-state index contributed by atoms with van der Waals surface area (Å²) in [6.45, 7) is 2.85. The average molecular weight is 257 g/mol. The zero-order valence-electron chi connectivity index (χ0n) is 10.6. The first kappa shape index (κ1) is 11.9. The Balaban J connectivity index is 1.89. The number of aromatic amines is 1. The second kappa shape index (κ2) is 4.50. The van der Waals surface area contributed by atoms with Crippen LogP contribution in [0.1, 0.15) is 23.8 Å². The van der Waals surface area contributed by atoms with E-state index in [1.807, 2.05) is 0 Å². The van der Waals surface area contributed by atoms with Crippen molar-refractivity contribution in [2.75, 3.05) is 6.54 Å². The van der Waals surface area contributed by atoms with E-state index in [9.17, 15) is 9.59 Å². The minimum Gasteiger partial charge on any atom is -0.350 e. The second-order valence-corrected chi connectivity index (χ2v) is 5.13. The molecule has 1 saturated carbocycles. The number of carbonyl (C=O) groups excluding carboxylic acids is 1. The molecule has 3 rings (SSSR count). The van der Waals surface area contributed by atoms with E-state index in [0.717, 1.165) is 0 Å². The van der Waals surface area contributed by atoms with Gasteiger partial charge in [0.25, 0.3) is 11.5 Å². The molecule has 1 aromatic carbocycles. The highest BCUT2D eigenvalue weighted by atomic mass is 16.2. The topological polar surface area (TPSA) is 74.8 Å². The molecular formula is C14H15N3O2. The highest BCUT2D eigenvalue weighted by Gasteiger charge is 2.32.